The van der Waals surface area contributed by atoms with Gasteiger partial charge >= 0.3 is 6.18 Å². The van der Waals surface area contributed by atoms with Crippen LogP contribution in [0, 0.1) is 0 Å². The van der Waals surface area contributed by atoms with Crippen molar-refractivity contribution in [1.29, 1.82) is 0 Å². The van der Waals surface area contributed by atoms with Crippen LogP contribution in [-0.2, 0) is 11.0 Å². The number of benzene rings is 1. The summed E-state index contributed by atoms with van der Waals surface area (Å²) < 4.78 is 39.7. The van der Waals surface area contributed by atoms with E-state index in [1.165, 1.54) is 23.4 Å². The molecule has 1 aromatic carbocycles. The number of nitrogens with zero attached hydrogens (tertiary/aromatic N) is 3. The fourth-order valence-corrected chi connectivity index (χ4v) is 1.92. The van der Waals surface area contributed by atoms with Crippen molar-refractivity contribution in [2.75, 3.05) is 5.32 Å². The molecule has 0 radical (unpaired) electrons. The maximum Gasteiger partial charge on any atom is 0.416 e. The summed E-state index contributed by atoms with van der Waals surface area (Å²) in [5.74, 6) is -0.500. The average Bonchev–Trinajstić information content (AvgIpc) is 2.92. The summed E-state index contributed by atoms with van der Waals surface area (Å²) in [7, 11) is 0. The van der Waals surface area contributed by atoms with Crippen molar-refractivity contribution in [3.8, 4) is 0 Å². The Morgan fingerprint density at radius 2 is 2.14 bits per heavy atom. The molecule has 2 aromatic rings. The number of hydrogen-bond donors (Lipinski definition) is 1. The first kappa shape index (κ1) is 15.5. The standard InChI is InChI=1S/C12H10BrF3N4O/c1-7(20-6-17-5-18-20)11(21)19-10-4-8(12(14,15)16)2-3-9(10)13/h2-7H,1H3,(H,19,21). The van der Waals surface area contributed by atoms with E-state index in [4.69, 9.17) is 0 Å². The molecule has 1 heterocycles. The van der Waals surface area contributed by atoms with Gasteiger partial charge in [-0.25, -0.2) is 9.67 Å². The Balaban J connectivity index is 2.21. The van der Waals surface area contributed by atoms with Crippen LogP contribution in [0.2, 0.25) is 0 Å². The predicted octanol–water partition coefficient (Wildman–Crippen LogP) is 3.26. The number of aromatic nitrogens is 3. The number of amides is 1. The van der Waals surface area contributed by atoms with Crippen LogP contribution in [-0.4, -0.2) is 20.7 Å². The number of carbonyl (C=O) groups is 1. The fourth-order valence-electron chi connectivity index (χ4n) is 1.57. The Labute approximate surface area is 126 Å². The molecule has 0 aliphatic rings. The first-order chi connectivity index (χ1) is 9.79. The SMILES string of the molecule is CC(C(=O)Nc1cc(C(F)(F)F)ccc1Br)n1cncn1. The summed E-state index contributed by atoms with van der Waals surface area (Å²) in [6, 6.07) is 2.34. The average molecular weight is 363 g/mol. The number of halogens is 4. The van der Waals surface area contributed by atoms with E-state index in [9.17, 15) is 18.0 Å². The van der Waals surface area contributed by atoms with Crippen LogP contribution < -0.4 is 5.32 Å². The van der Waals surface area contributed by atoms with Crippen LogP contribution in [0.5, 0.6) is 0 Å². The first-order valence-electron chi connectivity index (χ1n) is 5.81. The van der Waals surface area contributed by atoms with Gasteiger partial charge < -0.3 is 5.32 Å². The molecule has 2 rings (SSSR count). The Morgan fingerprint density at radius 1 is 1.43 bits per heavy atom. The second kappa shape index (κ2) is 5.84. The van der Waals surface area contributed by atoms with Gasteiger partial charge in [0.15, 0.2) is 0 Å². The highest BCUT2D eigenvalue weighted by Crippen LogP contribution is 2.34. The minimum atomic E-state index is -4.47. The van der Waals surface area contributed by atoms with Crippen LogP contribution in [0.15, 0.2) is 35.3 Å². The third-order valence-electron chi connectivity index (χ3n) is 2.76. The summed E-state index contributed by atoms with van der Waals surface area (Å²) in [6.45, 7) is 1.56. The molecule has 0 saturated carbocycles. The molecule has 0 fully saturated rings. The molecule has 9 heteroatoms. The highest BCUT2D eigenvalue weighted by Gasteiger charge is 2.31. The molecular weight excluding hydrogens is 353 g/mol. The van der Waals surface area contributed by atoms with E-state index in [0.717, 1.165) is 12.1 Å². The molecule has 0 bridgehead atoms. The molecule has 112 valence electrons. The third-order valence-corrected chi connectivity index (χ3v) is 3.46. The second-order valence-corrected chi connectivity index (χ2v) is 5.09. The summed E-state index contributed by atoms with van der Waals surface area (Å²) in [6.07, 6.45) is -1.85. The predicted molar refractivity (Wildman–Crippen MR) is 72.5 cm³/mol. The number of alkyl halides is 3. The molecule has 0 aliphatic carbocycles. The van der Waals surface area contributed by atoms with E-state index >= 15 is 0 Å². The van der Waals surface area contributed by atoms with E-state index in [0.29, 0.717) is 4.47 Å². The zero-order valence-corrected chi connectivity index (χ0v) is 12.3. The third kappa shape index (κ3) is 3.60. The quantitative estimate of drug-likeness (QED) is 0.911. The van der Waals surface area contributed by atoms with Crippen molar-refractivity contribution >= 4 is 27.5 Å². The monoisotopic (exact) mass is 362 g/mol. The van der Waals surface area contributed by atoms with Crippen LogP contribution in [0.25, 0.3) is 0 Å². The summed E-state index contributed by atoms with van der Waals surface area (Å²) in [5, 5.41) is 6.25. The lowest BCUT2D eigenvalue weighted by Gasteiger charge is -2.15. The molecule has 5 nitrogen and oxygen atoms in total. The van der Waals surface area contributed by atoms with E-state index in [2.05, 4.69) is 31.3 Å². The molecule has 21 heavy (non-hydrogen) atoms. The van der Waals surface area contributed by atoms with Crippen molar-refractivity contribution in [2.45, 2.75) is 19.1 Å². The van der Waals surface area contributed by atoms with Gasteiger partial charge in [0.1, 0.15) is 18.7 Å². The summed E-state index contributed by atoms with van der Waals surface area (Å²) >= 11 is 3.11. The normalized spacial score (nSPS) is 13.0. The van der Waals surface area contributed by atoms with Gasteiger partial charge in [-0.05, 0) is 41.1 Å². The van der Waals surface area contributed by atoms with E-state index in [1.54, 1.807) is 6.92 Å². The van der Waals surface area contributed by atoms with Gasteiger partial charge in [0, 0.05) is 4.47 Å². The Hall–Kier alpha value is -1.90. The van der Waals surface area contributed by atoms with Crippen molar-refractivity contribution in [2.24, 2.45) is 0 Å². The molecule has 0 aliphatic heterocycles. The maximum atomic E-state index is 12.7. The minimum Gasteiger partial charge on any atom is -0.323 e. The zero-order chi connectivity index (χ0) is 15.6. The van der Waals surface area contributed by atoms with E-state index < -0.39 is 23.7 Å². The second-order valence-electron chi connectivity index (χ2n) is 4.23. The van der Waals surface area contributed by atoms with Crippen molar-refractivity contribution in [1.82, 2.24) is 14.8 Å². The molecule has 1 unspecified atom stereocenters. The van der Waals surface area contributed by atoms with Gasteiger partial charge in [-0.15, -0.1) is 0 Å². The van der Waals surface area contributed by atoms with E-state index in [-0.39, 0.29) is 5.69 Å². The number of nitrogens with one attached hydrogen (secondary N) is 1. The van der Waals surface area contributed by atoms with Gasteiger partial charge in [-0.3, -0.25) is 4.79 Å². The highest BCUT2D eigenvalue weighted by molar-refractivity contribution is 9.10. The topological polar surface area (TPSA) is 59.8 Å². The zero-order valence-electron chi connectivity index (χ0n) is 10.7. The van der Waals surface area contributed by atoms with Gasteiger partial charge in [0.2, 0.25) is 5.91 Å². The molecule has 0 saturated heterocycles. The number of hydrogen-bond acceptors (Lipinski definition) is 3. The Morgan fingerprint density at radius 3 is 2.71 bits per heavy atom. The lowest BCUT2D eigenvalue weighted by atomic mass is 10.2. The Bertz CT molecular complexity index is 642. The van der Waals surface area contributed by atoms with Crippen molar-refractivity contribution in [3.05, 3.63) is 40.9 Å². The number of carbonyl (C=O) groups excluding carboxylic acids is 1. The summed E-state index contributed by atoms with van der Waals surface area (Å²) in [5.41, 5.74) is -0.795. The lowest BCUT2D eigenvalue weighted by Crippen LogP contribution is -2.24. The molecule has 1 aromatic heterocycles. The molecule has 1 amide bonds. The number of anilines is 1. The smallest absolute Gasteiger partial charge is 0.323 e. The molecule has 1 N–H and O–H groups in total. The van der Waals surface area contributed by atoms with Gasteiger partial charge in [-0.1, -0.05) is 0 Å². The minimum absolute atomic E-state index is 0.0433. The molecular formula is C12H10BrF3N4O. The molecule has 0 spiro atoms. The van der Waals surface area contributed by atoms with Crippen LogP contribution in [0.4, 0.5) is 18.9 Å². The Kier molecular flexibility index (Phi) is 4.31. The van der Waals surface area contributed by atoms with Gasteiger partial charge in [-0.2, -0.15) is 18.3 Å². The first-order valence-corrected chi connectivity index (χ1v) is 6.60. The van der Waals surface area contributed by atoms with Crippen LogP contribution >= 0.6 is 15.9 Å². The van der Waals surface area contributed by atoms with E-state index in [1.807, 2.05) is 0 Å². The fraction of sp³-hybridized carbons (Fsp3) is 0.250. The molecule has 1 atom stereocenters. The van der Waals surface area contributed by atoms with Gasteiger partial charge in [0.05, 0.1) is 11.3 Å². The van der Waals surface area contributed by atoms with Crippen molar-refractivity contribution in [3.63, 3.8) is 0 Å². The maximum absolute atomic E-state index is 12.7. The highest BCUT2D eigenvalue weighted by atomic mass is 79.9. The van der Waals surface area contributed by atoms with Gasteiger partial charge in [0.25, 0.3) is 0 Å². The van der Waals surface area contributed by atoms with Crippen LogP contribution in [0.3, 0.4) is 0 Å². The lowest BCUT2D eigenvalue weighted by molar-refractivity contribution is -0.137. The number of rotatable bonds is 3. The van der Waals surface area contributed by atoms with Crippen LogP contribution in [0.1, 0.15) is 18.5 Å². The largest absolute Gasteiger partial charge is 0.416 e. The van der Waals surface area contributed by atoms with Crippen molar-refractivity contribution < 1.29 is 18.0 Å². The summed E-state index contributed by atoms with van der Waals surface area (Å²) in [4.78, 5) is 15.7.